The lowest BCUT2D eigenvalue weighted by Gasteiger charge is -2.38. The molecule has 22 heavy (non-hydrogen) atoms. The normalized spacial score (nSPS) is 19.0. The molecule has 0 aromatic carbocycles. The molecule has 2 heterocycles. The highest BCUT2D eigenvalue weighted by Crippen LogP contribution is 2.32. The lowest BCUT2D eigenvalue weighted by molar-refractivity contribution is -0.138. The highest BCUT2D eigenvalue weighted by Gasteiger charge is 2.38. The topological polar surface area (TPSA) is 45.2 Å². The fourth-order valence-electron chi connectivity index (χ4n) is 2.33. The summed E-state index contributed by atoms with van der Waals surface area (Å²) in [4.78, 5) is 15.8. The second-order valence-corrected chi connectivity index (χ2v) is 6.59. The standard InChI is InChI=1S/C13H16F3N3OS2/c1-12(4-7-19(22-21)8-5-12)18-11(20)10-9(13(14,15)16)3-2-6-17-10/h2-3,6,21H,4-5,7-8H2,1H3,(H,18,20). The molecule has 2 rings (SSSR count). The van der Waals surface area contributed by atoms with Gasteiger partial charge in [-0.25, -0.2) is 4.31 Å². The number of alkyl halides is 3. The Morgan fingerprint density at radius 1 is 1.45 bits per heavy atom. The molecule has 0 saturated carbocycles. The summed E-state index contributed by atoms with van der Waals surface area (Å²) in [5.74, 6) is -0.789. The quantitative estimate of drug-likeness (QED) is 0.499. The summed E-state index contributed by atoms with van der Waals surface area (Å²) in [7, 11) is 1.32. The van der Waals surface area contributed by atoms with Crippen molar-refractivity contribution in [3.63, 3.8) is 0 Å². The van der Waals surface area contributed by atoms with E-state index >= 15 is 0 Å². The van der Waals surface area contributed by atoms with Gasteiger partial charge in [0.15, 0.2) is 0 Å². The van der Waals surface area contributed by atoms with Crippen LogP contribution in [0.1, 0.15) is 35.8 Å². The maximum absolute atomic E-state index is 12.9. The molecule has 1 aromatic heterocycles. The van der Waals surface area contributed by atoms with Gasteiger partial charge in [0.05, 0.1) is 5.56 Å². The zero-order valence-electron chi connectivity index (χ0n) is 11.9. The third kappa shape index (κ3) is 4.08. The Morgan fingerprint density at radius 3 is 2.64 bits per heavy atom. The van der Waals surface area contributed by atoms with Gasteiger partial charge in [-0.1, -0.05) is 11.7 Å². The van der Waals surface area contributed by atoms with Crippen LogP contribution in [0.15, 0.2) is 18.3 Å². The lowest BCUT2D eigenvalue weighted by atomic mass is 9.90. The fourth-order valence-corrected chi connectivity index (χ4v) is 3.17. The van der Waals surface area contributed by atoms with E-state index in [9.17, 15) is 18.0 Å². The number of amides is 1. The molecule has 0 spiro atoms. The molecule has 0 bridgehead atoms. The number of nitrogens with one attached hydrogen (secondary N) is 1. The Morgan fingerprint density at radius 2 is 2.09 bits per heavy atom. The summed E-state index contributed by atoms with van der Waals surface area (Å²) in [5.41, 5.74) is -2.14. The molecular weight excluding hydrogens is 335 g/mol. The molecule has 1 aromatic rings. The Labute approximate surface area is 135 Å². The van der Waals surface area contributed by atoms with Crippen molar-refractivity contribution in [2.24, 2.45) is 0 Å². The number of piperidine rings is 1. The largest absolute Gasteiger partial charge is 0.418 e. The van der Waals surface area contributed by atoms with E-state index in [1.165, 1.54) is 23.2 Å². The summed E-state index contributed by atoms with van der Waals surface area (Å²) >= 11 is 4.11. The predicted octanol–water partition coefficient (Wildman–Crippen LogP) is 3.18. The number of halogens is 3. The molecule has 1 N–H and O–H groups in total. The van der Waals surface area contributed by atoms with Crippen LogP contribution in [0.5, 0.6) is 0 Å². The Bertz CT molecular complexity index is 546. The molecule has 0 atom stereocenters. The summed E-state index contributed by atoms with van der Waals surface area (Å²) in [6.45, 7) is 3.25. The van der Waals surface area contributed by atoms with Crippen LogP contribution in [0.2, 0.25) is 0 Å². The molecule has 0 aliphatic carbocycles. The van der Waals surface area contributed by atoms with Gasteiger partial charge in [-0.2, -0.15) is 13.2 Å². The fraction of sp³-hybridized carbons (Fsp3) is 0.538. The average Bonchev–Trinajstić information content (AvgIpc) is 2.47. The van der Waals surface area contributed by atoms with E-state index in [1.807, 2.05) is 11.2 Å². The van der Waals surface area contributed by atoms with E-state index in [1.54, 1.807) is 0 Å². The predicted molar refractivity (Wildman–Crippen MR) is 82.5 cm³/mol. The molecule has 1 saturated heterocycles. The third-order valence-electron chi connectivity index (χ3n) is 3.68. The van der Waals surface area contributed by atoms with E-state index in [4.69, 9.17) is 0 Å². The Kier molecular flexibility index (Phi) is 5.29. The maximum atomic E-state index is 12.9. The smallest absolute Gasteiger partial charge is 0.345 e. The van der Waals surface area contributed by atoms with Gasteiger partial charge in [0.25, 0.3) is 5.91 Å². The molecule has 1 amide bonds. The van der Waals surface area contributed by atoms with E-state index in [-0.39, 0.29) is 0 Å². The van der Waals surface area contributed by atoms with Crippen molar-refractivity contribution in [3.8, 4) is 0 Å². The van der Waals surface area contributed by atoms with Crippen LogP contribution in [0.3, 0.4) is 0 Å². The van der Waals surface area contributed by atoms with E-state index in [0.717, 1.165) is 6.07 Å². The summed E-state index contributed by atoms with van der Waals surface area (Å²) < 4.78 is 40.9. The van der Waals surface area contributed by atoms with Crippen LogP contribution in [0, 0.1) is 0 Å². The second kappa shape index (κ2) is 6.67. The van der Waals surface area contributed by atoms with Crippen molar-refractivity contribution in [3.05, 3.63) is 29.6 Å². The average molecular weight is 351 g/mol. The molecule has 0 radical (unpaired) electrons. The number of carbonyl (C=O) groups excluding carboxylic acids is 1. The number of rotatable bonds is 3. The van der Waals surface area contributed by atoms with Crippen molar-refractivity contribution >= 4 is 28.5 Å². The zero-order valence-corrected chi connectivity index (χ0v) is 13.6. The van der Waals surface area contributed by atoms with Crippen molar-refractivity contribution in [1.29, 1.82) is 0 Å². The van der Waals surface area contributed by atoms with Crippen molar-refractivity contribution in [1.82, 2.24) is 14.6 Å². The number of pyridine rings is 1. The SMILES string of the molecule is CC1(NC(=O)c2ncccc2C(F)(F)F)CCN(SS)CC1. The van der Waals surface area contributed by atoms with Gasteiger partial charge < -0.3 is 5.32 Å². The van der Waals surface area contributed by atoms with E-state index in [0.29, 0.717) is 25.9 Å². The second-order valence-electron chi connectivity index (χ2n) is 5.42. The minimum Gasteiger partial charge on any atom is -0.345 e. The number of hydrogen-bond donors (Lipinski definition) is 2. The van der Waals surface area contributed by atoms with Crippen molar-refractivity contribution < 1.29 is 18.0 Å². The molecule has 122 valence electrons. The lowest BCUT2D eigenvalue weighted by Crippen LogP contribution is -2.52. The third-order valence-corrected chi connectivity index (χ3v) is 4.97. The number of hydrogen-bond acceptors (Lipinski definition) is 5. The molecule has 1 fully saturated rings. The minimum atomic E-state index is -4.60. The van der Waals surface area contributed by atoms with Gasteiger partial charge in [-0.05, 0) is 42.9 Å². The van der Waals surface area contributed by atoms with Crippen LogP contribution < -0.4 is 5.32 Å². The maximum Gasteiger partial charge on any atom is 0.418 e. The molecule has 1 aliphatic rings. The molecule has 4 nitrogen and oxygen atoms in total. The van der Waals surface area contributed by atoms with E-state index < -0.39 is 28.9 Å². The number of carbonyl (C=O) groups is 1. The first kappa shape index (κ1) is 17.4. The van der Waals surface area contributed by atoms with Crippen LogP contribution in [0.25, 0.3) is 0 Å². The van der Waals surface area contributed by atoms with Crippen LogP contribution in [0.4, 0.5) is 13.2 Å². The van der Waals surface area contributed by atoms with Gasteiger partial charge in [0.1, 0.15) is 5.69 Å². The van der Waals surface area contributed by atoms with Crippen molar-refractivity contribution in [2.75, 3.05) is 13.1 Å². The summed E-state index contributed by atoms with van der Waals surface area (Å²) in [6.07, 6.45) is -2.14. The van der Waals surface area contributed by atoms with Crippen LogP contribution in [-0.4, -0.2) is 33.8 Å². The van der Waals surface area contributed by atoms with Gasteiger partial charge >= 0.3 is 6.18 Å². The summed E-state index contributed by atoms with van der Waals surface area (Å²) in [6, 6.07) is 2.04. The molecule has 1 aliphatic heterocycles. The van der Waals surface area contributed by atoms with E-state index in [2.05, 4.69) is 22.0 Å². The van der Waals surface area contributed by atoms with Crippen LogP contribution in [-0.2, 0) is 6.18 Å². The van der Waals surface area contributed by atoms with Gasteiger partial charge in [-0.15, -0.1) is 0 Å². The summed E-state index contributed by atoms with van der Waals surface area (Å²) in [5, 5.41) is 2.71. The van der Waals surface area contributed by atoms with Crippen molar-refractivity contribution in [2.45, 2.75) is 31.5 Å². The molecule has 0 unspecified atom stereocenters. The first-order valence-electron chi connectivity index (χ1n) is 6.66. The Balaban J connectivity index is 2.13. The highest BCUT2D eigenvalue weighted by atomic mass is 33.1. The highest BCUT2D eigenvalue weighted by molar-refractivity contribution is 8.67. The monoisotopic (exact) mass is 351 g/mol. The van der Waals surface area contributed by atoms with Gasteiger partial charge in [0, 0.05) is 24.8 Å². The first-order valence-corrected chi connectivity index (χ1v) is 8.49. The number of nitrogens with zero attached hydrogens (tertiary/aromatic N) is 2. The first-order chi connectivity index (χ1) is 10.2. The Hall–Kier alpha value is -0.930. The zero-order chi connectivity index (χ0) is 16.4. The number of aromatic nitrogens is 1. The van der Waals surface area contributed by atoms with Gasteiger partial charge in [0.2, 0.25) is 0 Å². The number of thiol groups is 1. The van der Waals surface area contributed by atoms with Crippen LogP contribution >= 0.6 is 22.6 Å². The molecule has 9 heteroatoms. The minimum absolute atomic E-state index is 0.544. The van der Waals surface area contributed by atoms with Gasteiger partial charge in [-0.3, -0.25) is 9.78 Å². The molecular formula is C13H16F3N3OS2.